The van der Waals surface area contributed by atoms with E-state index < -0.39 is 11.4 Å². The van der Waals surface area contributed by atoms with Gasteiger partial charge in [-0.25, -0.2) is 0 Å². The van der Waals surface area contributed by atoms with Crippen LogP contribution in [0.1, 0.15) is 47.0 Å². The number of nitrogens with one attached hydrogen (secondary N) is 1. The van der Waals surface area contributed by atoms with E-state index in [2.05, 4.69) is 33.0 Å². The minimum absolute atomic E-state index is 0.182. The van der Waals surface area contributed by atoms with Crippen molar-refractivity contribution in [2.45, 2.75) is 47.0 Å². The van der Waals surface area contributed by atoms with Gasteiger partial charge in [0.2, 0.25) is 0 Å². The Bertz CT molecular complexity index is 253. The van der Waals surface area contributed by atoms with E-state index in [4.69, 9.17) is 0 Å². The van der Waals surface area contributed by atoms with Crippen LogP contribution in [-0.2, 0) is 4.79 Å². The Morgan fingerprint density at radius 1 is 1.50 bits per heavy atom. The SMILES string of the molecule is CCC[C@]1(C(=O)O)CNC[C@H](C(C)(C)C)C1. The Hall–Kier alpha value is -0.570. The molecule has 0 spiro atoms. The van der Waals surface area contributed by atoms with Crippen molar-refractivity contribution in [1.29, 1.82) is 0 Å². The highest BCUT2D eigenvalue weighted by Gasteiger charge is 2.44. The number of carboxylic acids is 1. The predicted molar refractivity (Wildman–Crippen MR) is 65.4 cm³/mol. The van der Waals surface area contributed by atoms with Gasteiger partial charge in [-0.15, -0.1) is 0 Å². The summed E-state index contributed by atoms with van der Waals surface area (Å²) in [6.45, 7) is 10.2. The van der Waals surface area contributed by atoms with Crippen LogP contribution in [0.15, 0.2) is 0 Å². The molecule has 3 nitrogen and oxygen atoms in total. The third-order valence-electron chi connectivity index (χ3n) is 3.90. The van der Waals surface area contributed by atoms with Crippen molar-refractivity contribution in [3.05, 3.63) is 0 Å². The highest BCUT2D eigenvalue weighted by atomic mass is 16.4. The van der Waals surface area contributed by atoms with Gasteiger partial charge in [-0.1, -0.05) is 34.1 Å². The number of piperidine rings is 1. The van der Waals surface area contributed by atoms with Crippen LogP contribution in [-0.4, -0.2) is 24.2 Å². The first-order valence-electron chi connectivity index (χ1n) is 6.26. The average molecular weight is 227 g/mol. The summed E-state index contributed by atoms with van der Waals surface area (Å²) in [6, 6.07) is 0. The zero-order valence-corrected chi connectivity index (χ0v) is 11.0. The molecule has 16 heavy (non-hydrogen) atoms. The van der Waals surface area contributed by atoms with Crippen LogP contribution in [0, 0.1) is 16.7 Å². The van der Waals surface area contributed by atoms with E-state index in [9.17, 15) is 9.90 Å². The summed E-state index contributed by atoms with van der Waals surface area (Å²) in [5.41, 5.74) is -0.354. The highest BCUT2D eigenvalue weighted by Crippen LogP contribution is 2.41. The molecule has 0 aromatic carbocycles. The van der Waals surface area contributed by atoms with E-state index in [0.29, 0.717) is 12.5 Å². The second-order valence-corrected chi connectivity index (χ2v) is 6.23. The zero-order valence-electron chi connectivity index (χ0n) is 11.0. The second kappa shape index (κ2) is 4.74. The maximum atomic E-state index is 11.5. The van der Waals surface area contributed by atoms with E-state index in [1.807, 2.05) is 0 Å². The van der Waals surface area contributed by atoms with E-state index in [1.165, 1.54) is 0 Å². The minimum atomic E-state index is -0.629. The van der Waals surface area contributed by atoms with Gasteiger partial charge in [0.25, 0.3) is 0 Å². The molecule has 1 fully saturated rings. The Balaban J connectivity index is 2.83. The summed E-state index contributed by atoms with van der Waals surface area (Å²) in [7, 11) is 0. The Morgan fingerprint density at radius 3 is 2.56 bits per heavy atom. The van der Waals surface area contributed by atoms with Crippen molar-refractivity contribution < 1.29 is 9.90 Å². The minimum Gasteiger partial charge on any atom is -0.481 e. The molecular formula is C13H25NO2. The van der Waals surface area contributed by atoms with Crippen molar-refractivity contribution in [2.24, 2.45) is 16.7 Å². The van der Waals surface area contributed by atoms with Gasteiger partial charge in [0.05, 0.1) is 5.41 Å². The van der Waals surface area contributed by atoms with E-state index >= 15 is 0 Å². The molecule has 1 saturated heterocycles. The standard InChI is InChI=1S/C13H25NO2/c1-5-6-13(11(15)16)7-10(8-14-9-13)12(2,3)4/h10,14H,5-9H2,1-4H3,(H,15,16)/t10-,13-/m1/s1. The number of hydrogen-bond acceptors (Lipinski definition) is 2. The molecule has 1 aliphatic rings. The first-order chi connectivity index (χ1) is 7.32. The Kier molecular flexibility index (Phi) is 4.00. The molecule has 0 bridgehead atoms. The molecule has 2 N–H and O–H groups in total. The molecule has 1 heterocycles. The Labute approximate surface area is 98.6 Å². The topological polar surface area (TPSA) is 49.3 Å². The molecule has 1 rings (SSSR count). The number of aliphatic carboxylic acids is 1. The maximum absolute atomic E-state index is 11.5. The first-order valence-corrected chi connectivity index (χ1v) is 6.26. The van der Waals surface area contributed by atoms with Gasteiger partial charge in [0.15, 0.2) is 0 Å². The third kappa shape index (κ3) is 2.76. The summed E-state index contributed by atoms with van der Waals surface area (Å²) < 4.78 is 0. The lowest BCUT2D eigenvalue weighted by Crippen LogP contribution is -2.51. The largest absolute Gasteiger partial charge is 0.481 e. The first kappa shape index (κ1) is 13.5. The zero-order chi connectivity index (χ0) is 12.4. The third-order valence-corrected chi connectivity index (χ3v) is 3.90. The molecule has 0 unspecified atom stereocenters. The van der Waals surface area contributed by atoms with Gasteiger partial charge in [0, 0.05) is 6.54 Å². The summed E-state index contributed by atoms with van der Waals surface area (Å²) >= 11 is 0. The molecule has 1 aliphatic heterocycles. The van der Waals surface area contributed by atoms with Gasteiger partial charge in [-0.3, -0.25) is 4.79 Å². The van der Waals surface area contributed by atoms with Crippen LogP contribution in [0.4, 0.5) is 0 Å². The van der Waals surface area contributed by atoms with Crippen LogP contribution in [0.3, 0.4) is 0 Å². The lowest BCUT2D eigenvalue weighted by Gasteiger charge is -2.43. The van der Waals surface area contributed by atoms with Gasteiger partial charge in [-0.05, 0) is 30.7 Å². The van der Waals surface area contributed by atoms with E-state index in [-0.39, 0.29) is 5.41 Å². The normalized spacial score (nSPS) is 31.4. The Morgan fingerprint density at radius 2 is 2.12 bits per heavy atom. The maximum Gasteiger partial charge on any atom is 0.310 e. The van der Waals surface area contributed by atoms with Crippen LogP contribution < -0.4 is 5.32 Å². The molecule has 0 saturated carbocycles. The van der Waals surface area contributed by atoms with Crippen LogP contribution in [0.2, 0.25) is 0 Å². The molecule has 0 radical (unpaired) electrons. The summed E-state index contributed by atoms with van der Waals surface area (Å²) in [6.07, 6.45) is 2.53. The number of hydrogen-bond donors (Lipinski definition) is 2. The van der Waals surface area contributed by atoms with Crippen molar-refractivity contribution in [3.63, 3.8) is 0 Å². The number of carboxylic acid groups (broad SMARTS) is 1. The van der Waals surface area contributed by atoms with Crippen LogP contribution >= 0.6 is 0 Å². The fourth-order valence-electron chi connectivity index (χ4n) is 2.65. The second-order valence-electron chi connectivity index (χ2n) is 6.23. The molecule has 3 heteroatoms. The summed E-state index contributed by atoms with van der Waals surface area (Å²) in [5, 5.41) is 12.8. The molecule has 94 valence electrons. The van der Waals surface area contributed by atoms with Gasteiger partial charge in [0.1, 0.15) is 0 Å². The molecular weight excluding hydrogens is 202 g/mol. The van der Waals surface area contributed by atoms with Gasteiger partial charge in [-0.2, -0.15) is 0 Å². The van der Waals surface area contributed by atoms with Gasteiger partial charge >= 0.3 is 5.97 Å². The monoisotopic (exact) mass is 227 g/mol. The van der Waals surface area contributed by atoms with Gasteiger partial charge < -0.3 is 10.4 Å². The van der Waals surface area contributed by atoms with Crippen LogP contribution in [0.5, 0.6) is 0 Å². The van der Waals surface area contributed by atoms with Crippen molar-refractivity contribution in [1.82, 2.24) is 5.32 Å². The predicted octanol–water partition coefficient (Wildman–Crippen LogP) is 2.51. The van der Waals surface area contributed by atoms with Crippen molar-refractivity contribution in [3.8, 4) is 0 Å². The summed E-state index contributed by atoms with van der Waals surface area (Å²) in [5.74, 6) is -0.181. The quantitative estimate of drug-likeness (QED) is 0.779. The number of carbonyl (C=O) groups is 1. The van der Waals surface area contributed by atoms with Crippen molar-refractivity contribution >= 4 is 5.97 Å². The van der Waals surface area contributed by atoms with Crippen molar-refractivity contribution in [2.75, 3.05) is 13.1 Å². The summed E-state index contributed by atoms with van der Waals surface area (Å²) in [4.78, 5) is 11.5. The molecule has 2 atom stereocenters. The van der Waals surface area contributed by atoms with Crippen LogP contribution in [0.25, 0.3) is 0 Å². The molecule has 0 aromatic heterocycles. The molecule has 0 aromatic rings. The lowest BCUT2D eigenvalue weighted by molar-refractivity contribution is -0.152. The van der Waals surface area contributed by atoms with E-state index in [1.54, 1.807) is 0 Å². The average Bonchev–Trinajstić information content (AvgIpc) is 2.17. The number of rotatable bonds is 3. The molecule has 0 amide bonds. The lowest BCUT2D eigenvalue weighted by atomic mass is 9.66. The fourth-order valence-corrected chi connectivity index (χ4v) is 2.65. The highest BCUT2D eigenvalue weighted by molar-refractivity contribution is 5.75. The fraction of sp³-hybridized carbons (Fsp3) is 0.923. The molecule has 0 aliphatic carbocycles. The van der Waals surface area contributed by atoms with E-state index in [0.717, 1.165) is 25.8 Å². The smallest absolute Gasteiger partial charge is 0.310 e.